The van der Waals surface area contributed by atoms with Crippen LogP contribution >= 0.6 is 0 Å². The molecule has 0 spiro atoms. The first-order valence-corrected chi connectivity index (χ1v) is 8.34. The Morgan fingerprint density at radius 1 is 1.15 bits per heavy atom. The molecule has 8 nitrogen and oxygen atoms in total. The molecule has 1 heterocycles. The van der Waals surface area contributed by atoms with E-state index in [1.54, 1.807) is 43.3 Å². The summed E-state index contributed by atoms with van der Waals surface area (Å²) in [5, 5.41) is 2.59. The van der Waals surface area contributed by atoms with Crippen molar-refractivity contribution in [2.24, 2.45) is 5.73 Å². The van der Waals surface area contributed by atoms with Crippen molar-refractivity contribution in [2.75, 3.05) is 0 Å². The standard InChI is InChI=1S/C19H18N4O4/c1-2-23-14-9-8-12(10-13(14)21-18(26)19(23)27)17(25)22-15(16(20)24)11-6-4-3-5-7-11/h3-10,15H,2H2,1H3,(H2,20,24)(H,21,26)(H,22,25). The first-order chi connectivity index (χ1) is 12.9. The molecule has 0 aliphatic rings. The van der Waals surface area contributed by atoms with E-state index < -0.39 is 29.0 Å². The summed E-state index contributed by atoms with van der Waals surface area (Å²) < 4.78 is 1.33. The van der Waals surface area contributed by atoms with Crippen LogP contribution in [0, 0.1) is 0 Å². The fourth-order valence-corrected chi connectivity index (χ4v) is 2.91. The number of fused-ring (bicyclic) bond motifs is 1. The molecule has 0 aliphatic heterocycles. The number of carbonyl (C=O) groups is 2. The van der Waals surface area contributed by atoms with Gasteiger partial charge in [0.15, 0.2) is 0 Å². The van der Waals surface area contributed by atoms with Crippen LogP contribution in [-0.2, 0) is 11.3 Å². The number of aromatic amines is 1. The van der Waals surface area contributed by atoms with Crippen LogP contribution in [0.2, 0.25) is 0 Å². The lowest BCUT2D eigenvalue weighted by atomic mass is 10.1. The van der Waals surface area contributed by atoms with Crippen molar-refractivity contribution >= 4 is 22.8 Å². The molecule has 3 rings (SSSR count). The first kappa shape index (κ1) is 18.1. The van der Waals surface area contributed by atoms with Crippen molar-refractivity contribution in [3.05, 3.63) is 80.4 Å². The molecule has 0 aliphatic carbocycles. The largest absolute Gasteiger partial charge is 0.368 e. The monoisotopic (exact) mass is 366 g/mol. The van der Waals surface area contributed by atoms with Crippen molar-refractivity contribution in [1.29, 1.82) is 0 Å². The Morgan fingerprint density at radius 2 is 1.85 bits per heavy atom. The second-order valence-corrected chi connectivity index (χ2v) is 5.95. The summed E-state index contributed by atoms with van der Waals surface area (Å²) in [7, 11) is 0. The zero-order valence-electron chi connectivity index (χ0n) is 14.6. The van der Waals surface area contributed by atoms with Gasteiger partial charge in [0.2, 0.25) is 5.91 Å². The number of aryl methyl sites for hydroxylation is 1. The lowest BCUT2D eigenvalue weighted by molar-refractivity contribution is -0.120. The van der Waals surface area contributed by atoms with Crippen molar-refractivity contribution in [3.8, 4) is 0 Å². The summed E-state index contributed by atoms with van der Waals surface area (Å²) in [5.41, 5.74) is 5.65. The number of aromatic nitrogens is 2. The van der Waals surface area contributed by atoms with Gasteiger partial charge < -0.3 is 20.6 Å². The molecule has 0 fully saturated rings. The van der Waals surface area contributed by atoms with Crippen molar-refractivity contribution in [2.45, 2.75) is 19.5 Å². The lowest BCUT2D eigenvalue weighted by Gasteiger charge is -2.16. The summed E-state index contributed by atoms with van der Waals surface area (Å²) in [6, 6.07) is 12.2. The number of nitrogens with two attached hydrogens (primary N) is 1. The van der Waals surface area contributed by atoms with Crippen LogP contribution in [0.15, 0.2) is 58.1 Å². The van der Waals surface area contributed by atoms with E-state index in [4.69, 9.17) is 5.73 Å². The fraction of sp³-hybridized carbons (Fsp3) is 0.158. The molecule has 0 saturated heterocycles. The minimum atomic E-state index is -0.988. The average molecular weight is 366 g/mol. The first-order valence-electron chi connectivity index (χ1n) is 8.34. The summed E-state index contributed by atoms with van der Waals surface area (Å²) in [6.45, 7) is 2.07. The van der Waals surface area contributed by atoms with E-state index in [0.717, 1.165) is 0 Å². The molecular formula is C19H18N4O4. The quantitative estimate of drug-likeness (QED) is 0.573. The Bertz CT molecular complexity index is 1130. The van der Waals surface area contributed by atoms with Crippen molar-refractivity contribution in [1.82, 2.24) is 14.9 Å². The number of H-pyrrole nitrogens is 1. The Balaban J connectivity index is 1.98. The highest BCUT2D eigenvalue weighted by Gasteiger charge is 2.21. The van der Waals surface area contributed by atoms with Crippen LogP contribution in [0.25, 0.3) is 11.0 Å². The number of rotatable bonds is 5. The van der Waals surface area contributed by atoms with Crippen molar-refractivity contribution < 1.29 is 9.59 Å². The van der Waals surface area contributed by atoms with E-state index in [2.05, 4.69) is 10.3 Å². The molecule has 3 aromatic rings. The molecule has 138 valence electrons. The fourth-order valence-electron chi connectivity index (χ4n) is 2.91. The molecular weight excluding hydrogens is 348 g/mol. The van der Waals surface area contributed by atoms with Gasteiger partial charge in [-0.05, 0) is 30.7 Å². The molecule has 4 N–H and O–H groups in total. The van der Waals surface area contributed by atoms with Gasteiger partial charge in [0.25, 0.3) is 5.91 Å². The molecule has 1 aromatic heterocycles. The Morgan fingerprint density at radius 3 is 2.48 bits per heavy atom. The molecule has 8 heteroatoms. The zero-order chi connectivity index (χ0) is 19.6. The van der Waals surface area contributed by atoms with Crippen LogP contribution in [0.4, 0.5) is 0 Å². The summed E-state index contributed by atoms with van der Waals surface area (Å²) >= 11 is 0. The van der Waals surface area contributed by atoms with E-state index in [1.807, 2.05) is 0 Å². The number of nitrogens with zero attached hydrogens (tertiary/aromatic N) is 1. The van der Waals surface area contributed by atoms with E-state index in [9.17, 15) is 19.2 Å². The third-order valence-corrected chi connectivity index (χ3v) is 4.25. The normalized spacial score (nSPS) is 11.9. The molecule has 0 bridgehead atoms. The van der Waals surface area contributed by atoms with Gasteiger partial charge >= 0.3 is 11.1 Å². The molecule has 0 radical (unpaired) electrons. The highest BCUT2D eigenvalue weighted by Crippen LogP contribution is 2.15. The number of primary amides is 1. The number of hydrogen-bond donors (Lipinski definition) is 3. The SMILES string of the molecule is CCn1c(=O)c(=O)[nH]c2cc(C(=O)NC(C(N)=O)c3ccccc3)ccc21. The van der Waals surface area contributed by atoms with Crippen LogP contribution in [0.3, 0.4) is 0 Å². The van der Waals surface area contributed by atoms with Gasteiger partial charge in [-0.2, -0.15) is 0 Å². The Hall–Kier alpha value is -3.68. The van der Waals surface area contributed by atoms with Crippen LogP contribution in [0.5, 0.6) is 0 Å². The van der Waals surface area contributed by atoms with Gasteiger partial charge in [0.1, 0.15) is 6.04 Å². The van der Waals surface area contributed by atoms with E-state index in [-0.39, 0.29) is 5.56 Å². The number of benzene rings is 2. The highest BCUT2D eigenvalue weighted by atomic mass is 16.2. The van der Waals surface area contributed by atoms with Crippen LogP contribution in [-0.4, -0.2) is 21.4 Å². The maximum atomic E-state index is 12.6. The zero-order valence-corrected chi connectivity index (χ0v) is 14.6. The molecule has 1 unspecified atom stereocenters. The summed E-state index contributed by atoms with van der Waals surface area (Å²) in [6.07, 6.45) is 0. The molecule has 27 heavy (non-hydrogen) atoms. The van der Waals surface area contributed by atoms with Gasteiger partial charge in [-0.25, -0.2) is 0 Å². The van der Waals surface area contributed by atoms with E-state index >= 15 is 0 Å². The Labute approximate surface area is 153 Å². The predicted octanol–water partition coefficient (Wildman–Crippen LogP) is 0.666. The van der Waals surface area contributed by atoms with Crippen LogP contribution < -0.4 is 22.2 Å². The number of carbonyl (C=O) groups excluding carboxylic acids is 2. The number of amides is 2. The summed E-state index contributed by atoms with van der Waals surface area (Å²) in [4.78, 5) is 50.5. The third kappa shape index (κ3) is 3.50. The van der Waals surface area contributed by atoms with Crippen molar-refractivity contribution in [3.63, 3.8) is 0 Å². The van der Waals surface area contributed by atoms with Gasteiger partial charge in [0, 0.05) is 12.1 Å². The minimum absolute atomic E-state index is 0.224. The maximum Gasteiger partial charge on any atom is 0.316 e. The average Bonchev–Trinajstić information content (AvgIpc) is 2.67. The van der Waals surface area contributed by atoms with Gasteiger partial charge in [0.05, 0.1) is 11.0 Å². The smallest absolute Gasteiger partial charge is 0.316 e. The van der Waals surface area contributed by atoms with E-state index in [0.29, 0.717) is 23.1 Å². The molecule has 1 atom stereocenters. The number of hydrogen-bond acceptors (Lipinski definition) is 4. The number of nitrogens with one attached hydrogen (secondary N) is 2. The van der Waals surface area contributed by atoms with Crippen LogP contribution in [0.1, 0.15) is 28.9 Å². The summed E-state index contributed by atoms with van der Waals surface area (Å²) in [5.74, 6) is -1.22. The molecule has 0 saturated carbocycles. The highest BCUT2D eigenvalue weighted by molar-refractivity contribution is 5.99. The second kappa shape index (κ2) is 7.28. The lowest BCUT2D eigenvalue weighted by Crippen LogP contribution is -2.38. The van der Waals surface area contributed by atoms with Gasteiger partial charge in [-0.3, -0.25) is 19.2 Å². The minimum Gasteiger partial charge on any atom is -0.368 e. The maximum absolute atomic E-state index is 12.6. The predicted molar refractivity (Wildman–Crippen MR) is 100 cm³/mol. The molecule has 2 aromatic carbocycles. The van der Waals surface area contributed by atoms with Gasteiger partial charge in [-0.15, -0.1) is 0 Å². The van der Waals surface area contributed by atoms with E-state index in [1.165, 1.54) is 16.7 Å². The molecule has 2 amide bonds. The van der Waals surface area contributed by atoms with Gasteiger partial charge in [-0.1, -0.05) is 30.3 Å². The second-order valence-electron chi connectivity index (χ2n) is 5.95. The topological polar surface area (TPSA) is 127 Å². The Kier molecular flexibility index (Phi) is 4.89. The third-order valence-electron chi connectivity index (χ3n) is 4.25.